The Morgan fingerprint density at radius 2 is 1.48 bits per heavy atom. The van der Waals surface area contributed by atoms with Gasteiger partial charge in [-0.3, -0.25) is 10.1 Å². The van der Waals surface area contributed by atoms with Crippen LogP contribution in [0, 0.1) is 10.1 Å². The molecule has 1 N–H and O–H groups in total. The van der Waals surface area contributed by atoms with Crippen LogP contribution in [0.25, 0.3) is 0 Å². The number of carboxylic acids is 1. The van der Waals surface area contributed by atoms with Crippen LogP contribution in [-0.2, 0) is 11.2 Å². The molecule has 0 aliphatic heterocycles. The summed E-state index contributed by atoms with van der Waals surface area (Å²) in [5, 5.41) is 19.2. The molecule has 1 atom stereocenters. The Kier molecular flexibility index (Phi) is 9.68. The first kappa shape index (κ1) is 19.1. The normalized spacial score (nSPS) is 12.0. The van der Waals surface area contributed by atoms with Gasteiger partial charge in [-0.05, 0) is 24.8 Å². The van der Waals surface area contributed by atoms with Gasteiger partial charge in [-0.1, -0.05) is 68.9 Å². The van der Waals surface area contributed by atoms with Crippen molar-refractivity contribution < 1.29 is 14.8 Å². The number of nitrogens with zero attached hydrogens (tertiary/aromatic N) is 1. The van der Waals surface area contributed by atoms with E-state index in [0.717, 1.165) is 25.7 Å². The number of rotatable bonds is 13. The summed E-state index contributed by atoms with van der Waals surface area (Å²) < 4.78 is 0. The molecule has 0 aromatic heterocycles. The Morgan fingerprint density at radius 3 is 2.00 bits per heavy atom. The van der Waals surface area contributed by atoms with Crippen LogP contribution in [-0.4, -0.2) is 22.0 Å². The van der Waals surface area contributed by atoms with E-state index in [1.165, 1.54) is 31.2 Å². The minimum atomic E-state index is -1.44. The zero-order chi connectivity index (χ0) is 16.9. The van der Waals surface area contributed by atoms with Gasteiger partial charge in [0.05, 0.1) is 0 Å². The van der Waals surface area contributed by atoms with Crippen molar-refractivity contribution in [3.8, 4) is 0 Å². The van der Waals surface area contributed by atoms with E-state index in [2.05, 4.69) is 24.3 Å². The van der Waals surface area contributed by atoms with Crippen molar-refractivity contribution in [1.82, 2.24) is 0 Å². The van der Waals surface area contributed by atoms with Crippen LogP contribution in [0.1, 0.15) is 63.4 Å². The summed E-state index contributed by atoms with van der Waals surface area (Å²) in [6.07, 6.45) is 9.78. The third kappa shape index (κ3) is 8.96. The van der Waals surface area contributed by atoms with Crippen molar-refractivity contribution in [2.45, 2.75) is 70.3 Å². The second kappa shape index (κ2) is 11.6. The van der Waals surface area contributed by atoms with Gasteiger partial charge in [-0.15, -0.1) is 0 Å². The lowest BCUT2D eigenvalue weighted by Crippen LogP contribution is -2.28. The molecule has 0 aliphatic rings. The molecule has 5 nitrogen and oxygen atoms in total. The monoisotopic (exact) mass is 321 g/mol. The molecule has 0 amide bonds. The van der Waals surface area contributed by atoms with Crippen molar-refractivity contribution >= 4 is 5.97 Å². The highest BCUT2D eigenvalue weighted by molar-refractivity contribution is 5.71. The van der Waals surface area contributed by atoms with Gasteiger partial charge >= 0.3 is 12.0 Å². The Bertz CT molecular complexity index is 447. The van der Waals surface area contributed by atoms with Crippen LogP contribution in [0.5, 0.6) is 0 Å². The second-order valence-corrected chi connectivity index (χ2v) is 5.99. The first-order valence-electron chi connectivity index (χ1n) is 8.51. The van der Waals surface area contributed by atoms with Crippen LogP contribution >= 0.6 is 0 Å². The topological polar surface area (TPSA) is 80.4 Å². The lowest BCUT2D eigenvalue weighted by atomic mass is 10.0. The van der Waals surface area contributed by atoms with E-state index >= 15 is 0 Å². The lowest BCUT2D eigenvalue weighted by molar-refractivity contribution is -0.511. The molecular formula is C18H27NO4. The van der Waals surface area contributed by atoms with Gasteiger partial charge in [0.25, 0.3) is 0 Å². The molecule has 23 heavy (non-hydrogen) atoms. The van der Waals surface area contributed by atoms with Gasteiger partial charge in [-0.25, -0.2) is 4.79 Å². The molecule has 128 valence electrons. The smallest absolute Gasteiger partial charge is 0.379 e. The number of carbonyl (C=O) groups is 1. The van der Waals surface area contributed by atoms with Crippen molar-refractivity contribution in [3.63, 3.8) is 0 Å². The third-order valence-corrected chi connectivity index (χ3v) is 4.08. The molecule has 0 aliphatic carbocycles. The molecule has 0 saturated carbocycles. The molecule has 0 saturated heterocycles. The number of benzene rings is 1. The Balaban J connectivity index is 1.92. The molecule has 1 aromatic rings. The number of nitro groups is 1. The molecular weight excluding hydrogens is 294 g/mol. The Labute approximate surface area is 137 Å². The lowest BCUT2D eigenvalue weighted by Gasteiger charge is -2.05. The number of carboxylic acid groups (broad SMARTS) is 1. The van der Waals surface area contributed by atoms with Crippen molar-refractivity contribution in [1.29, 1.82) is 0 Å². The molecule has 0 spiro atoms. The molecule has 0 bridgehead atoms. The van der Waals surface area contributed by atoms with Gasteiger partial charge in [-0.2, -0.15) is 0 Å². The fraction of sp³-hybridized carbons (Fsp3) is 0.611. The van der Waals surface area contributed by atoms with E-state index in [9.17, 15) is 14.9 Å². The fourth-order valence-electron chi connectivity index (χ4n) is 2.69. The largest absolute Gasteiger partial charge is 0.476 e. The van der Waals surface area contributed by atoms with E-state index in [1.54, 1.807) is 0 Å². The zero-order valence-electron chi connectivity index (χ0n) is 13.7. The summed E-state index contributed by atoms with van der Waals surface area (Å²) in [5.74, 6) is -1.33. The highest BCUT2D eigenvalue weighted by Crippen LogP contribution is 2.13. The number of hydrogen-bond acceptors (Lipinski definition) is 3. The predicted molar refractivity (Wildman–Crippen MR) is 90.1 cm³/mol. The predicted octanol–water partition coefficient (Wildman–Crippen LogP) is 4.47. The number of unbranched alkanes of at least 4 members (excludes halogenated alkanes) is 7. The molecule has 0 heterocycles. The van der Waals surface area contributed by atoms with Gasteiger partial charge < -0.3 is 5.11 Å². The van der Waals surface area contributed by atoms with E-state index in [1.807, 2.05) is 6.07 Å². The summed E-state index contributed by atoms with van der Waals surface area (Å²) in [7, 11) is 0. The number of hydrogen-bond donors (Lipinski definition) is 1. The number of aryl methyl sites for hydroxylation is 1. The molecule has 1 rings (SSSR count). The van der Waals surface area contributed by atoms with Crippen LogP contribution in [0.15, 0.2) is 30.3 Å². The average Bonchev–Trinajstić information content (AvgIpc) is 2.52. The Morgan fingerprint density at radius 1 is 0.957 bits per heavy atom. The quantitative estimate of drug-likeness (QED) is 0.330. The molecule has 1 unspecified atom stereocenters. The molecule has 0 radical (unpaired) electrons. The average molecular weight is 321 g/mol. The number of aliphatic carboxylic acids is 1. The second-order valence-electron chi connectivity index (χ2n) is 5.99. The van der Waals surface area contributed by atoms with Gasteiger partial charge in [0, 0.05) is 11.3 Å². The van der Waals surface area contributed by atoms with Crippen LogP contribution in [0.2, 0.25) is 0 Å². The summed E-state index contributed by atoms with van der Waals surface area (Å²) in [4.78, 5) is 20.5. The highest BCUT2D eigenvalue weighted by atomic mass is 16.6. The van der Waals surface area contributed by atoms with E-state index in [4.69, 9.17) is 5.11 Å². The van der Waals surface area contributed by atoms with E-state index in [-0.39, 0.29) is 6.42 Å². The summed E-state index contributed by atoms with van der Waals surface area (Å²) in [5.41, 5.74) is 1.39. The maximum atomic E-state index is 10.7. The summed E-state index contributed by atoms with van der Waals surface area (Å²) in [6, 6.07) is 9.07. The molecule has 5 heteroatoms. The zero-order valence-corrected chi connectivity index (χ0v) is 13.7. The minimum absolute atomic E-state index is 0.138. The fourth-order valence-corrected chi connectivity index (χ4v) is 2.69. The SMILES string of the molecule is O=C(O)C(CCCCCCCCCCc1ccccc1)[N+](=O)[O-]. The molecule has 1 aromatic carbocycles. The van der Waals surface area contributed by atoms with Crippen LogP contribution in [0.4, 0.5) is 0 Å². The maximum absolute atomic E-state index is 10.7. The van der Waals surface area contributed by atoms with Gasteiger partial charge in [0.1, 0.15) is 0 Å². The standard InChI is InChI=1S/C18H27NO4/c20-18(21)17(19(22)23)15-11-6-4-2-1-3-5-8-12-16-13-9-7-10-14-16/h7,9-10,13-14,17H,1-6,8,11-12,15H2,(H,20,21). The van der Waals surface area contributed by atoms with E-state index in [0.29, 0.717) is 6.42 Å². The maximum Gasteiger partial charge on any atom is 0.379 e. The van der Waals surface area contributed by atoms with Gasteiger partial charge in [0.15, 0.2) is 0 Å². The summed E-state index contributed by atoms with van der Waals surface area (Å²) in [6.45, 7) is 0. The Hall–Kier alpha value is -1.91. The minimum Gasteiger partial charge on any atom is -0.476 e. The van der Waals surface area contributed by atoms with Crippen molar-refractivity contribution in [2.24, 2.45) is 0 Å². The third-order valence-electron chi connectivity index (χ3n) is 4.08. The summed E-state index contributed by atoms with van der Waals surface area (Å²) >= 11 is 0. The van der Waals surface area contributed by atoms with Crippen LogP contribution < -0.4 is 0 Å². The molecule has 0 fully saturated rings. The van der Waals surface area contributed by atoms with Crippen LogP contribution in [0.3, 0.4) is 0 Å². The first-order chi connectivity index (χ1) is 11.1. The van der Waals surface area contributed by atoms with E-state index < -0.39 is 16.9 Å². The van der Waals surface area contributed by atoms with Crippen molar-refractivity contribution in [3.05, 3.63) is 46.0 Å². The van der Waals surface area contributed by atoms with Crippen molar-refractivity contribution in [2.75, 3.05) is 0 Å². The first-order valence-corrected chi connectivity index (χ1v) is 8.51. The van der Waals surface area contributed by atoms with Gasteiger partial charge in [0.2, 0.25) is 0 Å². The highest BCUT2D eigenvalue weighted by Gasteiger charge is 2.27.